The summed E-state index contributed by atoms with van der Waals surface area (Å²) >= 11 is 0. The molecule has 4 nitrogen and oxygen atoms in total. The average molecular weight is 275 g/mol. The molecule has 0 saturated heterocycles. The standard InChI is InChI=1S/C16H25N3O/c1-2-10-19(11-13-8-9-13)12-15(16(17)18-20)14-6-4-3-5-7-14/h3-7,13,15,20H,2,8-12H2,1H3,(H2,17,18). The highest BCUT2D eigenvalue weighted by molar-refractivity contribution is 5.87. The lowest BCUT2D eigenvalue weighted by molar-refractivity contribution is 0.257. The van der Waals surface area contributed by atoms with Gasteiger partial charge in [0.1, 0.15) is 5.84 Å². The molecule has 1 fully saturated rings. The molecule has 1 aliphatic carbocycles. The molecule has 4 heteroatoms. The van der Waals surface area contributed by atoms with Crippen molar-refractivity contribution in [2.24, 2.45) is 16.8 Å². The van der Waals surface area contributed by atoms with E-state index >= 15 is 0 Å². The molecule has 0 bridgehead atoms. The van der Waals surface area contributed by atoms with Crippen molar-refractivity contribution >= 4 is 5.84 Å². The Morgan fingerprint density at radius 1 is 1.40 bits per heavy atom. The molecule has 1 unspecified atom stereocenters. The summed E-state index contributed by atoms with van der Waals surface area (Å²) in [5.74, 6) is 1.12. The van der Waals surface area contributed by atoms with Crippen LogP contribution in [-0.2, 0) is 0 Å². The van der Waals surface area contributed by atoms with E-state index in [0.717, 1.165) is 37.5 Å². The van der Waals surface area contributed by atoms with Crippen LogP contribution in [0.4, 0.5) is 0 Å². The van der Waals surface area contributed by atoms with Crippen molar-refractivity contribution in [3.05, 3.63) is 35.9 Å². The maximum atomic E-state index is 9.05. The van der Waals surface area contributed by atoms with Crippen molar-refractivity contribution in [2.75, 3.05) is 19.6 Å². The van der Waals surface area contributed by atoms with Crippen molar-refractivity contribution in [3.63, 3.8) is 0 Å². The largest absolute Gasteiger partial charge is 0.409 e. The molecular weight excluding hydrogens is 250 g/mol. The van der Waals surface area contributed by atoms with E-state index in [4.69, 9.17) is 10.9 Å². The minimum absolute atomic E-state index is 0.0356. The number of nitrogens with two attached hydrogens (primary N) is 1. The zero-order valence-corrected chi connectivity index (χ0v) is 12.2. The zero-order chi connectivity index (χ0) is 14.4. The zero-order valence-electron chi connectivity index (χ0n) is 12.2. The number of nitrogens with zero attached hydrogens (tertiary/aromatic N) is 2. The summed E-state index contributed by atoms with van der Waals surface area (Å²) in [5.41, 5.74) is 7.02. The third-order valence-corrected chi connectivity index (χ3v) is 3.87. The summed E-state index contributed by atoms with van der Waals surface area (Å²) in [4.78, 5) is 2.45. The van der Waals surface area contributed by atoms with Crippen LogP contribution in [0.3, 0.4) is 0 Å². The molecule has 1 aliphatic rings. The van der Waals surface area contributed by atoms with E-state index in [1.807, 2.05) is 30.3 Å². The van der Waals surface area contributed by atoms with Crippen molar-refractivity contribution in [1.29, 1.82) is 0 Å². The lowest BCUT2D eigenvalue weighted by Gasteiger charge is -2.27. The van der Waals surface area contributed by atoms with E-state index in [2.05, 4.69) is 17.0 Å². The van der Waals surface area contributed by atoms with Gasteiger partial charge in [-0.25, -0.2) is 0 Å². The first-order chi connectivity index (χ1) is 9.74. The van der Waals surface area contributed by atoms with Crippen LogP contribution in [0.2, 0.25) is 0 Å². The van der Waals surface area contributed by atoms with Crippen LogP contribution in [-0.4, -0.2) is 35.6 Å². The Balaban J connectivity index is 2.09. The van der Waals surface area contributed by atoms with Crippen molar-refractivity contribution in [3.8, 4) is 0 Å². The van der Waals surface area contributed by atoms with Crippen LogP contribution < -0.4 is 5.73 Å². The Labute approximate surface area is 121 Å². The Kier molecular flexibility index (Phi) is 5.41. The van der Waals surface area contributed by atoms with Crippen LogP contribution in [0.25, 0.3) is 0 Å². The van der Waals surface area contributed by atoms with E-state index in [1.165, 1.54) is 12.8 Å². The monoisotopic (exact) mass is 275 g/mol. The van der Waals surface area contributed by atoms with Gasteiger partial charge in [0.25, 0.3) is 0 Å². The fraction of sp³-hybridized carbons (Fsp3) is 0.562. The number of rotatable bonds is 8. The lowest BCUT2D eigenvalue weighted by atomic mass is 9.97. The van der Waals surface area contributed by atoms with Crippen LogP contribution in [0.5, 0.6) is 0 Å². The fourth-order valence-corrected chi connectivity index (χ4v) is 2.62. The van der Waals surface area contributed by atoms with Gasteiger partial charge in [0.15, 0.2) is 0 Å². The van der Waals surface area contributed by atoms with Gasteiger partial charge in [0.2, 0.25) is 0 Å². The van der Waals surface area contributed by atoms with Crippen LogP contribution in [0.1, 0.15) is 37.7 Å². The smallest absolute Gasteiger partial charge is 0.147 e. The molecule has 0 radical (unpaired) electrons. The molecule has 0 aliphatic heterocycles. The second kappa shape index (κ2) is 7.29. The topological polar surface area (TPSA) is 61.8 Å². The Morgan fingerprint density at radius 3 is 2.65 bits per heavy atom. The molecule has 0 aromatic heterocycles. The maximum Gasteiger partial charge on any atom is 0.147 e. The number of oxime groups is 1. The molecule has 0 amide bonds. The molecule has 1 atom stereocenters. The summed E-state index contributed by atoms with van der Waals surface area (Å²) in [6, 6.07) is 10.1. The van der Waals surface area contributed by atoms with Gasteiger partial charge in [-0.05, 0) is 37.3 Å². The molecule has 3 N–H and O–H groups in total. The van der Waals surface area contributed by atoms with Gasteiger partial charge in [-0.1, -0.05) is 42.4 Å². The van der Waals surface area contributed by atoms with Gasteiger partial charge < -0.3 is 15.8 Å². The van der Waals surface area contributed by atoms with Crippen LogP contribution >= 0.6 is 0 Å². The molecule has 110 valence electrons. The first-order valence-corrected chi connectivity index (χ1v) is 7.49. The summed E-state index contributed by atoms with van der Waals surface area (Å²) < 4.78 is 0. The van der Waals surface area contributed by atoms with Crippen molar-refractivity contribution in [2.45, 2.75) is 32.1 Å². The van der Waals surface area contributed by atoms with E-state index in [-0.39, 0.29) is 5.92 Å². The molecule has 0 spiro atoms. The number of benzene rings is 1. The van der Waals surface area contributed by atoms with Gasteiger partial charge in [-0.15, -0.1) is 0 Å². The van der Waals surface area contributed by atoms with Crippen molar-refractivity contribution in [1.82, 2.24) is 4.90 Å². The van der Waals surface area contributed by atoms with Gasteiger partial charge in [0.05, 0.1) is 5.92 Å². The summed E-state index contributed by atoms with van der Waals surface area (Å²) in [5, 5.41) is 12.3. The highest BCUT2D eigenvalue weighted by atomic mass is 16.4. The second-order valence-corrected chi connectivity index (χ2v) is 5.69. The molecule has 1 aromatic rings. The predicted octanol–water partition coefficient (Wildman–Crippen LogP) is 2.64. The number of amidine groups is 1. The second-order valence-electron chi connectivity index (χ2n) is 5.69. The summed E-state index contributed by atoms with van der Waals surface area (Å²) in [7, 11) is 0. The summed E-state index contributed by atoms with van der Waals surface area (Å²) in [6.07, 6.45) is 3.82. The Morgan fingerprint density at radius 2 is 2.10 bits per heavy atom. The van der Waals surface area contributed by atoms with Crippen LogP contribution in [0, 0.1) is 5.92 Å². The lowest BCUT2D eigenvalue weighted by Crippen LogP contribution is -2.36. The first kappa shape index (κ1) is 14.9. The van der Waals surface area contributed by atoms with Crippen molar-refractivity contribution < 1.29 is 5.21 Å². The maximum absolute atomic E-state index is 9.05. The predicted molar refractivity (Wildman–Crippen MR) is 82.0 cm³/mol. The third kappa shape index (κ3) is 4.23. The quantitative estimate of drug-likeness (QED) is 0.332. The minimum atomic E-state index is -0.0356. The molecule has 20 heavy (non-hydrogen) atoms. The fourth-order valence-electron chi connectivity index (χ4n) is 2.62. The van der Waals surface area contributed by atoms with Gasteiger partial charge >= 0.3 is 0 Å². The molecule has 2 rings (SSSR count). The number of hydrogen-bond acceptors (Lipinski definition) is 3. The van der Waals surface area contributed by atoms with Gasteiger partial charge in [-0.3, -0.25) is 0 Å². The Hall–Kier alpha value is -1.55. The third-order valence-electron chi connectivity index (χ3n) is 3.87. The van der Waals surface area contributed by atoms with E-state index in [9.17, 15) is 0 Å². The molecule has 0 heterocycles. The van der Waals surface area contributed by atoms with Gasteiger partial charge in [0, 0.05) is 13.1 Å². The van der Waals surface area contributed by atoms with E-state index < -0.39 is 0 Å². The minimum Gasteiger partial charge on any atom is -0.409 e. The SMILES string of the molecule is CCCN(CC1CC1)CC(C(N)=NO)c1ccccc1. The highest BCUT2D eigenvalue weighted by Crippen LogP contribution is 2.30. The normalized spacial score (nSPS) is 17.4. The van der Waals surface area contributed by atoms with E-state index in [0.29, 0.717) is 5.84 Å². The molecular formula is C16H25N3O. The van der Waals surface area contributed by atoms with Crippen LogP contribution in [0.15, 0.2) is 35.5 Å². The summed E-state index contributed by atoms with van der Waals surface area (Å²) in [6.45, 7) is 5.22. The average Bonchev–Trinajstić information content (AvgIpc) is 3.29. The Bertz CT molecular complexity index is 429. The number of hydrogen-bond donors (Lipinski definition) is 2. The first-order valence-electron chi connectivity index (χ1n) is 7.49. The highest BCUT2D eigenvalue weighted by Gasteiger charge is 2.26. The molecule has 1 aromatic carbocycles. The van der Waals surface area contributed by atoms with Gasteiger partial charge in [-0.2, -0.15) is 0 Å². The molecule has 1 saturated carbocycles. The van der Waals surface area contributed by atoms with E-state index in [1.54, 1.807) is 0 Å².